The Morgan fingerprint density at radius 1 is 1.09 bits per heavy atom. The van der Waals surface area contributed by atoms with Crippen LogP contribution in [0.3, 0.4) is 0 Å². The first-order valence-electron chi connectivity index (χ1n) is 12.8. The van der Waals surface area contributed by atoms with Crippen LogP contribution in [0.1, 0.15) is 39.0 Å². The van der Waals surface area contributed by atoms with Gasteiger partial charge in [-0.3, -0.25) is 0 Å². The van der Waals surface area contributed by atoms with Crippen LogP contribution in [-0.2, 0) is 4.74 Å². The van der Waals surface area contributed by atoms with E-state index in [-0.39, 0.29) is 16.6 Å². The number of ether oxygens (including phenoxy) is 1. The van der Waals surface area contributed by atoms with Crippen molar-refractivity contribution in [2.75, 3.05) is 31.6 Å². The van der Waals surface area contributed by atoms with Gasteiger partial charge >= 0.3 is 0 Å². The smallest absolute Gasteiger partial charge is 0.168 e. The molecule has 2 aromatic rings. The third-order valence-corrected chi connectivity index (χ3v) is 9.25. The summed E-state index contributed by atoms with van der Waals surface area (Å²) in [5.41, 5.74) is 0.183. The predicted molar refractivity (Wildman–Crippen MR) is 135 cm³/mol. The average molecular weight is 484 g/mol. The summed E-state index contributed by atoms with van der Waals surface area (Å²) in [5, 5.41) is 11.8. The highest BCUT2D eigenvalue weighted by molar-refractivity contribution is 6.40. The zero-order valence-corrected chi connectivity index (χ0v) is 20.8. The van der Waals surface area contributed by atoms with Crippen LogP contribution in [0.4, 0.5) is 19.0 Å². The Hall–Kier alpha value is -2.06. The maximum atomic E-state index is 14.1. The van der Waals surface area contributed by atoms with Crippen molar-refractivity contribution in [1.29, 1.82) is 0 Å². The number of nitrogens with zero attached hydrogens (tertiary/aromatic N) is 3. The highest BCUT2D eigenvalue weighted by Crippen LogP contribution is 2.48. The van der Waals surface area contributed by atoms with E-state index >= 15 is 0 Å². The molecule has 0 unspecified atom stereocenters. The number of hydrogen-bond acceptors (Lipinski definition) is 5. The number of rotatable bonds is 6. The van der Waals surface area contributed by atoms with E-state index in [1.54, 1.807) is 12.1 Å². The first kappa shape index (κ1) is 24.6. The second-order valence-electron chi connectivity index (χ2n) is 11.1. The van der Waals surface area contributed by atoms with E-state index in [1.807, 2.05) is 0 Å². The van der Waals surface area contributed by atoms with Crippen LogP contribution in [0.25, 0.3) is 11.3 Å². The fraction of sp³-hybridized carbons (Fsp3) is 0.600. The van der Waals surface area contributed by atoms with E-state index in [0.29, 0.717) is 35.2 Å². The normalized spacial score (nSPS) is 26.6. The molecule has 2 saturated heterocycles. The molecule has 0 spiro atoms. The number of aromatic nitrogens is 2. The molecule has 3 atom stereocenters. The van der Waals surface area contributed by atoms with Crippen molar-refractivity contribution >= 4 is 21.5 Å². The molecule has 35 heavy (non-hydrogen) atoms. The third-order valence-electron chi connectivity index (χ3n) is 9.25. The van der Waals surface area contributed by atoms with E-state index < -0.39 is 17.5 Å². The van der Waals surface area contributed by atoms with Crippen molar-refractivity contribution in [1.82, 2.24) is 15.1 Å². The van der Waals surface area contributed by atoms with Crippen molar-refractivity contribution in [2.45, 2.75) is 50.4 Å². The van der Waals surface area contributed by atoms with Crippen molar-refractivity contribution < 1.29 is 17.9 Å². The van der Waals surface area contributed by atoms with E-state index in [1.165, 1.54) is 6.42 Å². The predicted octanol–water partition coefficient (Wildman–Crippen LogP) is 2.81. The van der Waals surface area contributed by atoms with Crippen LogP contribution < -0.4 is 5.32 Å². The molecule has 0 amide bonds. The molecule has 3 heterocycles. The summed E-state index contributed by atoms with van der Waals surface area (Å²) in [4.78, 5) is 2.73. The SMILES string of the molecule is BC(B)(N1C[C@H]2C[C@H](Nc3ccc(-c4cc(F)cc(F)c4F)nn3)C[C@H]2C1)C1(CC)CCOCC1. The zero-order chi connectivity index (χ0) is 24.8. The largest absolute Gasteiger partial charge is 0.381 e. The van der Waals surface area contributed by atoms with Crippen LogP contribution in [0.2, 0.25) is 0 Å². The number of anilines is 1. The molecule has 1 saturated carbocycles. The molecule has 2 aliphatic heterocycles. The lowest BCUT2D eigenvalue weighted by Crippen LogP contribution is -2.62. The van der Waals surface area contributed by atoms with Gasteiger partial charge in [-0.25, -0.2) is 13.2 Å². The summed E-state index contributed by atoms with van der Waals surface area (Å²) in [7, 11) is 4.87. The van der Waals surface area contributed by atoms with Crippen molar-refractivity contribution in [2.24, 2.45) is 17.3 Å². The van der Waals surface area contributed by atoms with Gasteiger partial charge < -0.3 is 15.0 Å². The Labute approximate surface area is 207 Å². The fourth-order valence-corrected chi connectivity index (χ4v) is 6.87. The number of benzene rings is 1. The molecular weight excluding hydrogens is 451 g/mol. The molecule has 0 radical (unpaired) electrons. The van der Waals surface area contributed by atoms with Crippen molar-refractivity contribution in [3.8, 4) is 11.3 Å². The topological polar surface area (TPSA) is 50.3 Å². The lowest BCUT2D eigenvalue weighted by Gasteiger charge is -2.54. The minimum atomic E-state index is -1.24. The van der Waals surface area contributed by atoms with Gasteiger partial charge in [-0.1, -0.05) is 6.92 Å². The lowest BCUT2D eigenvalue weighted by molar-refractivity contribution is -0.0293. The fourth-order valence-electron chi connectivity index (χ4n) is 6.87. The van der Waals surface area contributed by atoms with Crippen LogP contribution >= 0.6 is 0 Å². The summed E-state index contributed by atoms with van der Waals surface area (Å²) >= 11 is 0. The molecule has 0 bridgehead atoms. The maximum absolute atomic E-state index is 14.1. The van der Waals surface area contributed by atoms with E-state index in [0.717, 1.165) is 58.1 Å². The van der Waals surface area contributed by atoms with Gasteiger partial charge in [0, 0.05) is 44.0 Å². The summed E-state index contributed by atoms with van der Waals surface area (Å²) in [6.45, 7) is 6.30. The number of hydrogen-bond donors (Lipinski definition) is 1. The van der Waals surface area contributed by atoms with Crippen LogP contribution in [0.5, 0.6) is 0 Å². The summed E-state index contributed by atoms with van der Waals surface area (Å²) < 4.78 is 46.8. The maximum Gasteiger partial charge on any atom is 0.168 e. The first-order chi connectivity index (χ1) is 16.7. The van der Waals surface area contributed by atoms with Gasteiger partial charge in [-0.2, -0.15) is 0 Å². The number of halogens is 3. The average Bonchev–Trinajstić information content (AvgIpc) is 3.41. The van der Waals surface area contributed by atoms with Gasteiger partial charge in [0.1, 0.15) is 27.3 Å². The number of nitrogens with one attached hydrogen (secondary N) is 1. The van der Waals surface area contributed by atoms with Gasteiger partial charge in [-0.05, 0) is 72.9 Å². The van der Waals surface area contributed by atoms with Crippen LogP contribution in [0, 0.1) is 34.7 Å². The molecule has 1 aliphatic carbocycles. The molecule has 1 aromatic carbocycles. The minimum absolute atomic E-state index is 0.102. The number of fused-ring (bicyclic) bond motifs is 1. The Kier molecular flexibility index (Phi) is 6.64. The second-order valence-corrected chi connectivity index (χ2v) is 11.1. The summed E-state index contributed by atoms with van der Waals surface area (Å²) in [6, 6.07) is 5.01. The zero-order valence-electron chi connectivity index (χ0n) is 20.8. The molecule has 5 nitrogen and oxygen atoms in total. The molecule has 3 fully saturated rings. The van der Waals surface area contributed by atoms with Gasteiger partial charge in [-0.15, -0.1) is 10.2 Å². The van der Waals surface area contributed by atoms with E-state index in [2.05, 4.69) is 43.0 Å². The van der Waals surface area contributed by atoms with Gasteiger partial charge in [0.15, 0.2) is 11.6 Å². The number of likely N-dealkylation sites (tertiary alicyclic amines) is 1. The lowest BCUT2D eigenvalue weighted by atomic mass is 9.44. The van der Waals surface area contributed by atoms with Crippen molar-refractivity contribution in [3.05, 3.63) is 41.7 Å². The highest BCUT2D eigenvalue weighted by Gasteiger charge is 2.52. The Balaban J connectivity index is 1.21. The second kappa shape index (κ2) is 9.43. The van der Waals surface area contributed by atoms with Gasteiger partial charge in [0.05, 0.1) is 5.69 Å². The van der Waals surface area contributed by atoms with Crippen LogP contribution in [-0.4, -0.2) is 68.5 Å². The van der Waals surface area contributed by atoms with Gasteiger partial charge in [0.25, 0.3) is 0 Å². The Morgan fingerprint density at radius 3 is 2.37 bits per heavy atom. The van der Waals surface area contributed by atoms with Gasteiger partial charge in [0.2, 0.25) is 0 Å². The van der Waals surface area contributed by atoms with E-state index in [4.69, 9.17) is 4.74 Å². The first-order valence-corrected chi connectivity index (χ1v) is 12.8. The molecule has 10 heteroatoms. The molecule has 1 N–H and O–H groups in total. The summed E-state index contributed by atoms with van der Waals surface area (Å²) in [6.07, 6.45) is 5.60. The molecule has 3 aliphatic rings. The van der Waals surface area contributed by atoms with Crippen molar-refractivity contribution in [3.63, 3.8) is 0 Å². The monoisotopic (exact) mass is 484 g/mol. The third kappa shape index (κ3) is 4.48. The molecule has 5 rings (SSSR count). The highest BCUT2D eigenvalue weighted by atomic mass is 19.2. The minimum Gasteiger partial charge on any atom is -0.381 e. The standard InChI is InChI=1S/C25H33B2F3N4O/c1-2-24(5-7-35-8-6-24)25(26,27)34-13-15-9-18(10-16(15)14-34)31-22-4-3-21(32-33-22)19-11-17(28)12-20(29)23(19)30/h3-4,11-12,15-16,18H,2,5-10,13-14,26-27H2,1H3,(H,31,33)/t15-,16+,18+. The Morgan fingerprint density at radius 2 is 1.77 bits per heavy atom. The van der Waals surface area contributed by atoms with Crippen LogP contribution in [0.15, 0.2) is 24.3 Å². The summed E-state index contributed by atoms with van der Waals surface area (Å²) in [5.74, 6) is -1.31. The molecule has 1 aromatic heterocycles. The Bertz CT molecular complexity index is 1050. The van der Waals surface area contributed by atoms with E-state index in [9.17, 15) is 13.2 Å². The quantitative estimate of drug-likeness (QED) is 0.505. The molecular formula is C25H33B2F3N4O. The molecule has 186 valence electrons.